The minimum atomic E-state index is -0.625. The average molecular weight is 550 g/mol. The van der Waals surface area contributed by atoms with Crippen LogP contribution in [0.1, 0.15) is 33.4 Å². The highest BCUT2D eigenvalue weighted by molar-refractivity contribution is 7.98. The smallest absolute Gasteiger partial charge is 0.254 e. The third-order valence-corrected chi connectivity index (χ3v) is 8.42. The lowest BCUT2D eigenvalue weighted by molar-refractivity contribution is -0.134. The van der Waals surface area contributed by atoms with Gasteiger partial charge in [0.05, 0.1) is 26.2 Å². The van der Waals surface area contributed by atoms with E-state index in [2.05, 4.69) is 4.90 Å². The fraction of sp³-hybridized carbons (Fsp3) is 0.333. The van der Waals surface area contributed by atoms with Crippen molar-refractivity contribution in [2.24, 2.45) is 0 Å². The molecule has 2 aliphatic rings. The zero-order valence-corrected chi connectivity index (χ0v) is 23.3. The minimum Gasteiger partial charge on any atom is -0.493 e. The summed E-state index contributed by atoms with van der Waals surface area (Å²) in [4.78, 5) is 34.8. The monoisotopic (exact) mass is 549 g/mol. The Morgan fingerprint density at radius 3 is 2.13 bits per heavy atom. The standard InChI is InChI=1S/C30H32FN3O4S/c1-32-28(19-5-11-22(39-4)12-6-19)27(23-17-25(37-2)26(38-3)18-24(23)29(32)35)30(36)34-15-13-33(14-16-34)21-9-7-20(31)8-10-21/h5-12,17-18,27-28H,13-16H2,1-4H3/t27-,28-/m1/s1. The van der Waals surface area contributed by atoms with Gasteiger partial charge in [0.15, 0.2) is 11.5 Å². The van der Waals surface area contributed by atoms with Crippen molar-refractivity contribution in [1.82, 2.24) is 9.80 Å². The highest BCUT2D eigenvalue weighted by Gasteiger charge is 2.45. The number of benzene rings is 3. The van der Waals surface area contributed by atoms with E-state index in [0.29, 0.717) is 48.8 Å². The number of ether oxygens (including phenoxy) is 2. The Morgan fingerprint density at radius 1 is 0.923 bits per heavy atom. The van der Waals surface area contributed by atoms with Crippen molar-refractivity contribution in [2.75, 3.05) is 58.6 Å². The number of carbonyl (C=O) groups excluding carboxylic acids is 2. The number of thioether (sulfide) groups is 1. The quantitative estimate of drug-likeness (QED) is 0.411. The molecule has 0 N–H and O–H groups in total. The van der Waals surface area contributed by atoms with Crippen LogP contribution < -0.4 is 14.4 Å². The molecule has 1 saturated heterocycles. The topological polar surface area (TPSA) is 62.3 Å². The van der Waals surface area contributed by atoms with Gasteiger partial charge in [0.25, 0.3) is 5.91 Å². The van der Waals surface area contributed by atoms with Crippen molar-refractivity contribution < 1.29 is 23.5 Å². The second kappa shape index (κ2) is 11.2. The molecule has 0 saturated carbocycles. The molecule has 3 aromatic carbocycles. The van der Waals surface area contributed by atoms with Gasteiger partial charge in [0.1, 0.15) is 5.82 Å². The molecule has 0 aliphatic carbocycles. The molecule has 0 spiro atoms. The van der Waals surface area contributed by atoms with Crippen LogP contribution in [0.2, 0.25) is 0 Å². The first-order valence-electron chi connectivity index (χ1n) is 12.8. The van der Waals surface area contributed by atoms with E-state index in [0.717, 1.165) is 16.1 Å². The highest BCUT2D eigenvalue weighted by atomic mass is 32.2. The molecule has 0 aromatic heterocycles. The zero-order valence-electron chi connectivity index (χ0n) is 22.5. The summed E-state index contributed by atoms with van der Waals surface area (Å²) < 4.78 is 24.5. The number of halogens is 1. The molecule has 39 heavy (non-hydrogen) atoms. The summed E-state index contributed by atoms with van der Waals surface area (Å²) in [6.07, 6.45) is 2.01. The number of hydrogen-bond acceptors (Lipinski definition) is 6. The van der Waals surface area contributed by atoms with E-state index >= 15 is 0 Å². The summed E-state index contributed by atoms with van der Waals surface area (Å²) in [5.74, 6) is -0.189. The molecule has 2 atom stereocenters. The number of carbonyl (C=O) groups is 2. The van der Waals surface area contributed by atoms with E-state index in [1.807, 2.05) is 35.4 Å². The molecule has 204 valence electrons. The average Bonchev–Trinajstić information content (AvgIpc) is 2.98. The van der Waals surface area contributed by atoms with Crippen molar-refractivity contribution in [3.8, 4) is 11.5 Å². The Bertz CT molecular complexity index is 1360. The number of hydrogen-bond donors (Lipinski definition) is 0. The normalized spacial score (nSPS) is 19.1. The van der Waals surface area contributed by atoms with Crippen LogP contribution in [-0.2, 0) is 4.79 Å². The molecule has 9 heteroatoms. The second-order valence-corrected chi connectivity index (χ2v) is 10.6. The number of fused-ring (bicyclic) bond motifs is 1. The Kier molecular flexibility index (Phi) is 7.70. The highest BCUT2D eigenvalue weighted by Crippen LogP contribution is 2.46. The van der Waals surface area contributed by atoms with Crippen molar-refractivity contribution in [3.63, 3.8) is 0 Å². The van der Waals surface area contributed by atoms with E-state index in [1.54, 1.807) is 55.1 Å². The van der Waals surface area contributed by atoms with Gasteiger partial charge in [-0.15, -0.1) is 11.8 Å². The summed E-state index contributed by atoms with van der Waals surface area (Å²) in [7, 11) is 4.83. The fourth-order valence-electron chi connectivity index (χ4n) is 5.57. The fourth-order valence-corrected chi connectivity index (χ4v) is 5.97. The molecular formula is C30H32FN3O4S. The number of amides is 2. The molecule has 2 aliphatic heterocycles. The van der Waals surface area contributed by atoms with Gasteiger partial charge < -0.3 is 24.2 Å². The van der Waals surface area contributed by atoms with Crippen molar-refractivity contribution in [2.45, 2.75) is 16.9 Å². The summed E-state index contributed by atoms with van der Waals surface area (Å²) in [5, 5.41) is 0. The number of anilines is 1. The number of likely N-dealkylation sites (N-methyl/N-ethyl adjacent to an activating group) is 1. The van der Waals surface area contributed by atoms with E-state index in [-0.39, 0.29) is 17.6 Å². The van der Waals surface area contributed by atoms with Crippen LogP contribution in [0.5, 0.6) is 11.5 Å². The van der Waals surface area contributed by atoms with Crippen LogP contribution in [0.4, 0.5) is 10.1 Å². The number of nitrogens with zero attached hydrogens (tertiary/aromatic N) is 3. The largest absolute Gasteiger partial charge is 0.493 e. The van der Waals surface area contributed by atoms with Crippen LogP contribution in [0.3, 0.4) is 0 Å². The molecule has 5 rings (SSSR count). The molecular weight excluding hydrogens is 517 g/mol. The van der Waals surface area contributed by atoms with Crippen LogP contribution in [0, 0.1) is 5.82 Å². The lowest BCUT2D eigenvalue weighted by atomic mass is 9.78. The lowest BCUT2D eigenvalue weighted by Gasteiger charge is -2.43. The summed E-state index contributed by atoms with van der Waals surface area (Å²) >= 11 is 1.64. The number of methoxy groups -OCH3 is 2. The zero-order chi connectivity index (χ0) is 27.7. The predicted octanol–water partition coefficient (Wildman–Crippen LogP) is 4.82. The molecule has 2 amide bonds. The number of rotatable bonds is 6. The van der Waals surface area contributed by atoms with Gasteiger partial charge in [0.2, 0.25) is 5.91 Å². The van der Waals surface area contributed by atoms with E-state index in [4.69, 9.17) is 9.47 Å². The third kappa shape index (κ3) is 5.03. The summed E-state index contributed by atoms with van der Waals surface area (Å²) in [6.45, 7) is 2.30. The minimum absolute atomic E-state index is 0.0412. The molecule has 0 unspecified atom stereocenters. The van der Waals surface area contributed by atoms with Gasteiger partial charge in [-0.25, -0.2) is 4.39 Å². The third-order valence-electron chi connectivity index (χ3n) is 7.68. The Morgan fingerprint density at radius 2 is 1.54 bits per heavy atom. The molecule has 0 bridgehead atoms. The second-order valence-electron chi connectivity index (χ2n) is 9.69. The first-order valence-corrected chi connectivity index (χ1v) is 14.0. The first-order chi connectivity index (χ1) is 18.9. The lowest BCUT2D eigenvalue weighted by Crippen LogP contribution is -2.53. The Balaban J connectivity index is 1.52. The maximum absolute atomic E-state index is 14.4. The van der Waals surface area contributed by atoms with Gasteiger partial charge in [-0.3, -0.25) is 9.59 Å². The SMILES string of the molecule is COc1cc2c(cc1OC)[C@@H](C(=O)N1CCN(c3ccc(F)cc3)CC1)[C@@H](c1ccc(SC)cc1)N(C)C2=O. The Labute approximate surface area is 232 Å². The maximum atomic E-state index is 14.4. The van der Waals surface area contributed by atoms with Crippen LogP contribution >= 0.6 is 11.8 Å². The molecule has 0 radical (unpaired) electrons. The Hall–Kier alpha value is -3.72. The van der Waals surface area contributed by atoms with E-state index in [1.165, 1.54) is 19.2 Å². The van der Waals surface area contributed by atoms with Crippen LogP contribution in [0.25, 0.3) is 0 Å². The summed E-state index contributed by atoms with van der Waals surface area (Å²) in [6, 6.07) is 17.4. The molecule has 2 heterocycles. The van der Waals surface area contributed by atoms with E-state index in [9.17, 15) is 14.0 Å². The molecule has 3 aromatic rings. The van der Waals surface area contributed by atoms with Gasteiger partial charge in [-0.2, -0.15) is 0 Å². The van der Waals surface area contributed by atoms with Crippen molar-refractivity contribution in [3.05, 3.63) is 83.2 Å². The van der Waals surface area contributed by atoms with E-state index < -0.39 is 12.0 Å². The molecule has 7 nitrogen and oxygen atoms in total. The van der Waals surface area contributed by atoms with Crippen molar-refractivity contribution >= 4 is 29.3 Å². The van der Waals surface area contributed by atoms with Gasteiger partial charge in [-0.05, 0) is 65.9 Å². The first kappa shape index (κ1) is 26.9. The predicted molar refractivity (Wildman–Crippen MR) is 151 cm³/mol. The van der Waals surface area contributed by atoms with Crippen LogP contribution in [0.15, 0.2) is 65.6 Å². The van der Waals surface area contributed by atoms with Gasteiger partial charge in [-0.1, -0.05) is 12.1 Å². The number of piperazine rings is 1. The van der Waals surface area contributed by atoms with Crippen LogP contribution in [-0.4, -0.2) is 75.3 Å². The van der Waals surface area contributed by atoms with Gasteiger partial charge in [0, 0.05) is 49.4 Å². The maximum Gasteiger partial charge on any atom is 0.254 e. The molecule has 1 fully saturated rings. The summed E-state index contributed by atoms with van der Waals surface area (Å²) in [5.41, 5.74) is 2.91. The van der Waals surface area contributed by atoms with Gasteiger partial charge >= 0.3 is 0 Å². The van der Waals surface area contributed by atoms with Crippen molar-refractivity contribution in [1.29, 1.82) is 0 Å².